The van der Waals surface area contributed by atoms with Crippen molar-refractivity contribution in [3.05, 3.63) is 45.8 Å². The van der Waals surface area contributed by atoms with Crippen molar-refractivity contribution in [3.8, 4) is 0 Å². The van der Waals surface area contributed by atoms with Crippen LogP contribution in [0.5, 0.6) is 0 Å². The second-order valence-electron chi connectivity index (χ2n) is 3.67. The van der Waals surface area contributed by atoms with Crippen LogP contribution in [0, 0.1) is 0 Å². The van der Waals surface area contributed by atoms with E-state index in [1.807, 2.05) is 0 Å². The second-order valence-corrected chi connectivity index (χ2v) is 3.67. The Kier molecular flexibility index (Phi) is 3.33. The van der Waals surface area contributed by atoms with Crippen LogP contribution < -0.4 is 5.63 Å². The van der Waals surface area contributed by atoms with Gasteiger partial charge in [-0.3, -0.25) is 0 Å². The molecular formula is C13H10O6. The summed E-state index contributed by atoms with van der Waals surface area (Å²) in [4.78, 5) is 34.4. The van der Waals surface area contributed by atoms with Gasteiger partial charge < -0.3 is 13.9 Å². The van der Waals surface area contributed by atoms with E-state index in [0.717, 1.165) is 0 Å². The third-order valence-electron chi connectivity index (χ3n) is 2.57. The van der Waals surface area contributed by atoms with E-state index in [-0.39, 0.29) is 16.7 Å². The van der Waals surface area contributed by atoms with Gasteiger partial charge in [0.05, 0.1) is 25.3 Å². The quantitative estimate of drug-likeness (QED) is 0.600. The van der Waals surface area contributed by atoms with Crippen molar-refractivity contribution >= 4 is 22.9 Å². The lowest BCUT2D eigenvalue weighted by Crippen LogP contribution is -2.08. The molecule has 0 unspecified atom stereocenters. The van der Waals surface area contributed by atoms with Gasteiger partial charge in [-0.25, -0.2) is 14.4 Å². The Morgan fingerprint density at radius 2 is 1.74 bits per heavy atom. The summed E-state index contributed by atoms with van der Waals surface area (Å²) in [6.45, 7) is 0. The maximum atomic E-state index is 11.7. The predicted molar refractivity (Wildman–Crippen MR) is 65.2 cm³/mol. The van der Waals surface area contributed by atoms with Gasteiger partial charge in [0, 0.05) is 11.5 Å². The number of methoxy groups -OCH3 is 2. The lowest BCUT2D eigenvalue weighted by molar-refractivity contribution is 0.0600. The summed E-state index contributed by atoms with van der Waals surface area (Å²) in [7, 11) is 2.43. The predicted octanol–water partition coefficient (Wildman–Crippen LogP) is 1.37. The van der Waals surface area contributed by atoms with E-state index in [1.165, 1.54) is 38.5 Å². The van der Waals surface area contributed by atoms with Crippen molar-refractivity contribution in [2.45, 2.75) is 0 Å². The van der Waals surface area contributed by atoms with Crippen LogP contribution in [0.1, 0.15) is 20.7 Å². The molecule has 1 aromatic heterocycles. The molecule has 0 spiro atoms. The van der Waals surface area contributed by atoms with Gasteiger partial charge >= 0.3 is 17.6 Å². The zero-order chi connectivity index (χ0) is 14.0. The van der Waals surface area contributed by atoms with Gasteiger partial charge in [0.15, 0.2) is 0 Å². The van der Waals surface area contributed by atoms with Gasteiger partial charge in [0.2, 0.25) is 0 Å². The number of hydrogen-bond donors (Lipinski definition) is 0. The molecule has 0 bridgehead atoms. The summed E-state index contributed by atoms with van der Waals surface area (Å²) in [5.41, 5.74) is -0.227. The van der Waals surface area contributed by atoms with E-state index in [2.05, 4.69) is 9.47 Å². The summed E-state index contributed by atoms with van der Waals surface area (Å²) >= 11 is 0. The molecule has 0 aliphatic heterocycles. The normalized spacial score (nSPS) is 10.2. The lowest BCUT2D eigenvalue weighted by Gasteiger charge is -2.06. The number of ether oxygens (including phenoxy) is 2. The minimum absolute atomic E-state index is 0.102. The third kappa shape index (κ3) is 2.33. The lowest BCUT2D eigenvalue weighted by atomic mass is 10.1. The molecule has 2 rings (SSSR count). The molecule has 6 nitrogen and oxygen atoms in total. The topological polar surface area (TPSA) is 82.8 Å². The van der Waals surface area contributed by atoms with Crippen molar-refractivity contribution < 1.29 is 23.5 Å². The van der Waals surface area contributed by atoms with Gasteiger partial charge in [0.1, 0.15) is 5.58 Å². The van der Waals surface area contributed by atoms with Gasteiger partial charge in [0.25, 0.3) is 0 Å². The molecular weight excluding hydrogens is 252 g/mol. The molecule has 0 N–H and O–H groups in total. The monoisotopic (exact) mass is 262 g/mol. The van der Waals surface area contributed by atoms with Crippen molar-refractivity contribution in [1.82, 2.24) is 0 Å². The van der Waals surface area contributed by atoms with Crippen LogP contribution in [-0.4, -0.2) is 26.2 Å². The van der Waals surface area contributed by atoms with Crippen LogP contribution in [-0.2, 0) is 9.47 Å². The highest BCUT2D eigenvalue weighted by Gasteiger charge is 2.17. The summed E-state index contributed by atoms with van der Waals surface area (Å²) in [6, 6.07) is 5.30. The molecule has 0 aliphatic carbocycles. The Morgan fingerprint density at radius 1 is 1.05 bits per heavy atom. The fourth-order valence-electron chi connectivity index (χ4n) is 1.69. The zero-order valence-electron chi connectivity index (χ0n) is 10.3. The van der Waals surface area contributed by atoms with E-state index in [0.29, 0.717) is 5.39 Å². The average molecular weight is 262 g/mol. The first-order valence-electron chi connectivity index (χ1n) is 5.31. The van der Waals surface area contributed by atoms with Gasteiger partial charge in [-0.05, 0) is 18.2 Å². The number of carbonyl (C=O) groups is 2. The Labute approximate surface area is 107 Å². The minimum atomic E-state index is -0.640. The summed E-state index contributed by atoms with van der Waals surface area (Å²) in [5, 5.41) is 0.388. The number of rotatable bonds is 2. The fourth-order valence-corrected chi connectivity index (χ4v) is 1.69. The van der Waals surface area contributed by atoms with Crippen molar-refractivity contribution in [3.63, 3.8) is 0 Å². The van der Waals surface area contributed by atoms with Crippen molar-refractivity contribution in [1.29, 1.82) is 0 Å². The molecule has 1 aromatic carbocycles. The van der Waals surface area contributed by atoms with Gasteiger partial charge in [-0.15, -0.1) is 0 Å². The second kappa shape index (κ2) is 4.93. The van der Waals surface area contributed by atoms with E-state index < -0.39 is 17.6 Å². The van der Waals surface area contributed by atoms with E-state index in [9.17, 15) is 14.4 Å². The highest BCUT2D eigenvalue weighted by Crippen LogP contribution is 2.21. The van der Waals surface area contributed by atoms with Crippen LogP contribution in [0.4, 0.5) is 0 Å². The van der Waals surface area contributed by atoms with Crippen LogP contribution in [0.15, 0.2) is 33.5 Å². The van der Waals surface area contributed by atoms with E-state index in [1.54, 1.807) is 0 Å². The molecule has 0 amide bonds. The summed E-state index contributed by atoms with van der Waals surface area (Å²) in [5.74, 6) is -1.27. The molecule has 19 heavy (non-hydrogen) atoms. The molecule has 0 saturated carbocycles. The Balaban J connectivity index is 2.79. The Bertz CT molecular complexity index is 713. The number of carbonyl (C=O) groups excluding carboxylic acids is 2. The first-order valence-corrected chi connectivity index (χ1v) is 5.31. The Morgan fingerprint density at radius 3 is 2.37 bits per heavy atom. The van der Waals surface area contributed by atoms with Crippen molar-refractivity contribution in [2.24, 2.45) is 0 Å². The average Bonchev–Trinajstić information content (AvgIpc) is 2.43. The van der Waals surface area contributed by atoms with E-state index >= 15 is 0 Å². The summed E-state index contributed by atoms with van der Waals surface area (Å²) < 4.78 is 14.2. The number of hydrogen-bond acceptors (Lipinski definition) is 6. The maximum absolute atomic E-state index is 11.7. The van der Waals surface area contributed by atoms with Crippen LogP contribution in [0.25, 0.3) is 11.0 Å². The fraction of sp³-hybridized carbons (Fsp3) is 0.154. The maximum Gasteiger partial charge on any atom is 0.338 e. The molecule has 1 heterocycles. The van der Waals surface area contributed by atoms with Gasteiger partial charge in [-0.1, -0.05) is 0 Å². The highest BCUT2D eigenvalue weighted by atomic mass is 16.5. The first-order chi connectivity index (χ1) is 9.06. The third-order valence-corrected chi connectivity index (χ3v) is 2.57. The van der Waals surface area contributed by atoms with Crippen LogP contribution >= 0.6 is 0 Å². The van der Waals surface area contributed by atoms with Crippen LogP contribution in [0.3, 0.4) is 0 Å². The molecule has 0 saturated heterocycles. The molecule has 6 heteroatoms. The highest BCUT2D eigenvalue weighted by molar-refractivity contribution is 6.06. The largest absolute Gasteiger partial charge is 0.465 e. The standard InChI is InChI=1S/C13H10O6/c1-17-12(15)7-5-9(13(16)18-2)8-3-4-11(14)19-10(8)6-7/h3-6H,1-2H3. The van der Waals surface area contributed by atoms with Crippen LogP contribution in [0.2, 0.25) is 0 Å². The molecule has 98 valence electrons. The number of benzene rings is 1. The molecule has 0 radical (unpaired) electrons. The van der Waals surface area contributed by atoms with E-state index in [4.69, 9.17) is 4.42 Å². The number of esters is 2. The SMILES string of the molecule is COC(=O)c1cc(C(=O)OC)c2ccc(=O)oc2c1. The molecule has 0 aliphatic rings. The molecule has 0 atom stereocenters. The smallest absolute Gasteiger partial charge is 0.338 e. The Hall–Kier alpha value is -2.63. The molecule has 2 aromatic rings. The van der Waals surface area contributed by atoms with Gasteiger partial charge in [-0.2, -0.15) is 0 Å². The summed E-state index contributed by atoms with van der Waals surface area (Å²) in [6.07, 6.45) is 0. The molecule has 0 fully saturated rings. The van der Waals surface area contributed by atoms with Crippen molar-refractivity contribution in [2.75, 3.05) is 14.2 Å². The minimum Gasteiger partial charge on any atom is -0.465 e. The zero-order valence-corrected chi connectivity index (χ0v) is 10.3. The first kappa shape index (κ1) is 12.8. The number of fused-ring (bicyclic) bond motifs is 1.